The first-order valence-corrected chi connectivity index (χ1v) is 4.96. The van der Waals surface area contributed by atoms with E-state index in [1.165, 1.54) is 0 Å². The van der Waals surface area contributed by atoms with Gasteiger partial charge in [-0.3, -0.25) is 4.90 Å². The van der Waals surface area contributed by atoms with Gasteiger partial charge in [0.15, 0.2) is 0 Å². The summed E-state index contributed by atoms with van der Waals surface area (Å²) >= 11 is 0. The van der Waals surface area contributed by atoms with Crippen LogP contribution in [0.2, 0.25) is 0 Å². The molecule has 0 aromatic rings. The lowest BCUT2D eigenvalue weighted by Gasteiger charge is -2.33. The average Bonchev–Trinajstić information content (AvgIpc) is 2.82. The van der Waals surface area contributed by atoms with Gasteiger partial charge in [0.1, 0.15) is 0 Å². The van der Waals surface area contributed by atoms with Crippen molar-refractivity contribution >= 4 is 0 Å². The van der Waals surface area contributed by atoms with Gasteiger partial charge in [-0.2, -0.15) is 0 Å². The Morgan fingerprint density at radius 3 is 2.82 bits per heavy atom. The summed E-state index contributed by atoms with van der Waals surface area (Å²) in [4.78, 5) is 2.77. The Labute approximate surface area is 66.1 Å². The third kappa shape index (κ3) is 0.315. The van der Waals surface area contributed by atoms with Crippen molar-refractivity contribution in [2.45, 2.75) is 31.0 Å². The molecule has 2 aliphatic heterocycles. The van der Waals surface area contributed by atoms with Gasteiger partial charge in [0.25, 0.3) is 0 Å². The zero-order valence-electron chi connectivity index (χ0n) is 6.40. The summed E-state index contributed by atoms with van der Waals surface area (Å²) in [5.74, 6) is 3.39. The van der Waals surface area contributed by atoms with Crippen LogP contribution in [0.25, 0.3) is 0 Å². The molecule has 2 heterocycles. The minimum atomic E-state index is 0.907. The van der Waals surface area contributed by atoms with Crippen molar-refractivity contribution in [3.05, 3.63) is 11.6 Å². The SMILES string of the molecule is C1=C2C3C(C4CC4)C4C3N4[C@@H]12. The molecule has 0 amide bonds. The summed E-state index contributed by atoms with van der Waals surface area (Å²) < 4.78 is 0. The summed E-state index contributed by atoms with van der Waals surface area (Å²) in [5, 5.41) is 0. The van der Waals surface area contributed by atoms with Crippen LogP contribution in [0.3, 0.4) is 0 Å². The van der Waals surface area contributed by atoms with Crippen molar-refractivity contribution in [1.29, 1.82) is 0 Å². The molecule has 1 nitrogen and oxygen atoms in total. The number of rotatable bonds is 1. The molecule has 0 bridgehead atoms. The van der Waals surface area contributed by atoms with Crippen molar-refractivity contribution in [2.75, 3.05) is 0 Å². The first-order chi connectivity index (χ1) is 5.47. The number of fused-ring (bicyclic) bond motifs is 4. The van der Waals surface area contributed by atoms with E-state index in [0.717, 1.165) is 35.9 Å². The van der Waals surface area contributed by atoms with Crippen LogP contribution in [0.4, 0.5) is 0 Å². The van der Waals surface area contributed by atoms with E-state index in [1.54, 1.807) is 12.8 Å². The zero-order valence-corrected chi connectivity index (χ0v) is 6.40. The lowest BCUT2D eigenvalue weighted by atomic mass is 9.69. The van der Waals surface area contributed by atoms with Gasteiger partial charge in [-0.25, -0.2) is 0 Å². The molecule has 2 saturated heterocycles. The summed E-state index contributed by atoms with van der Waals surface area (Å²) in [5.41, 5.74) is 1.84. The molecule has 2 saturated carbocycles. The second kappa shape index (κ2) is 1.03. The average molecular weight is 145 g/mol. The van der Waals surface area contributed by atoms with Crippen LogP contribution in [-0.2, 0) is 0 Å². The van der Waals surface area contributed by atoms with Gasteiger partial charge in [0.2, 0.25) is 0 Å². The molecule has 1 heteroatoms. The first kappa shape index (κ1) is 4.66. The highest BCUT2D eigenvalue weighted by atomic mass is 15.5. The van der Waals surface area contributed by atoms with Gasteiger partial charge in [0, 0.05) is 18.0 Å². The highest BCUT2D eigenvalue weighted by Gasteiger charge is 2.80. The van der Waals surface area contributed by atoms with Crippen molar-refractivity contribution < 1.29 is 0 Å². The van der Waals surface area contributed by atoms with Crippen LogP contribution in [0.5, 0.6) is 0 Å². The Bertz CT molecular complexity index is 302. The van der Waals surface area contributed by atoms with Crippen LogP contribution in [0, 0.1) is 17.8 Å². The van der Waals surface area contributed by atoms with Crippen molar-refractivity contribution in [3.63, 3.8) is 0 Å². The van der Waals surface area contributed by atoms with Crippen LogP contribution in [0.1, 0.15) is 12.8 Å². The number of hydrogen-bond acceptors (Lipinski definition) is 1. The number of hydrogen-bond donors (Lipinski definition) is 0. The maximum Gasteiger partial charge on any atom is 0.0506 e. The van der Waals surface area contributed by atoms with Gasteiger partial charge < -0.3 is 0 Å². The lowest BCUT2D eigenvalue weighted by molar-refractivity contribution is 0.240. The Kier molecular flexibility index (Phi) is 0.436. The van der Waals surface area contributed by atoms with Crippen molar-refractivity contribution in [2.24, 2.45) is 17.8 Å². The minimum Gasteiger partial charge on any atom is -0.283 e. The first-order valence-electron chi connectivity index (χ1n) is 4.96. The molecule has 0 spiro atoms. The number of nitrogens with zero attached hydrogens (tertiary/aromatic N) is 1. The molecule has 3 aliphatic carbocycles. The van der Waals surface area contributed by atoms with Crippen molar-refractivity contribution in [1.82, 2.24) is 4.90 Å². The second-order valence-corrected chi connectivity index (χ2v) is 4.98. The molecule has 11 heavy (non-hydrogen) atoms. The van der Waals surface area contributed by atoms with E-state index in [0.29, 0.717) is 0 Å². The Balaban J connectivity index is 1.64. The maximum absolute atomic E-state index is 2.77. The van der Waals surface area contributed by atoms with Gasteiger partial charge in [-0.1, -0.05) is 6.08 Å². The molecule has 6 atom stereocenters. The number of piperidine rings is 2. The molecule has 5 aliphatic rings. The van der Waals surface area contributed by atoms with E-state index in [1.807, 2.05) is 5.57 Å². The van der Waals surface area contributed by atoms with E-state index in [9.17, 15) is 0 Å². The largest absolute Gasteiger partial charge is 0.283 e. The second-order valence-electron chi connectivity index (χ2n) is 4.98. The molecule has 56 valence electrons. The zero-order chi connectivity index (χ0) is 6.74. The molecular weight excluding hydrogens is 134 g/mol. The highest BCUT2D eigenvalue weighted by molar-refractivity contribution is 5.56. The molecular formula is C10H11N. The van der Waals surface area contributed by atoms with E-state index in [2.05, 4.69) is 11.0 Å². The third-order valence-corrected chi connectivity index (χ3v) is 4.58. The summed E-state index contributed by atoms with van der Waals surface area (Å²) in [6.45, 7) is 0. The summed E-state index contributed by atoms with van der Waals surface area (Å²) in [7, 11) is 0. The smallest absolute Gasteiger partial charge is 0.0506 e. The predicted octanol–water partition coefficient (Wildman–Crippen LogP) is 1.02. The summed E-state index contributed by atoms with van der Waals surface area (Å²) in [6, 6.07) is 3.07. The van der Waals surface area contributed by atoms with E-state index >= 15 is 0 Å². The molecule has 4 fully saturated rings. The third-order valence-electron chi connectivity index (χ3n) is 4.58. The van der Waals surface area contributed by atoms with Crippen molar-refractivity contribution in [3.8, 4) is 0 Å². The Morgan fingerprint density at radius 2 is 2.18 bits per heavy atom. The Hall–Kier alpha value is -0.300. The minimum absolute atomic E-state index is 0.907. The van der Waals surface area contributed by atoms with Crippen LogP contribution in [0.15, 0.2) is 11.6 Å². The highest BCUT2D eigenvalue weighted by Crippen LogP contribution is 2.74. The normalized spacial score (nSPS) is 72.9. The van der Waals surface area contributed by atoms with E-state index < -0.39 is 0 Å². The monoisotopic (exact) mass is 145 g/mol. The molecule has 0 N–H and O–H groups in total. The molecule has 5 rings (SSSR count). The fourth-order valence-corrected chi connectivity index (χ4v) is 3.95. The van der Waals surface area contributed by atoms with Gasteiger partial charge in [0.05, 0.1) is 6.04 Å². The molecule has 5 unspecified atom stereocenters. The van der Waals surface area contributed by atoms with Crippen LogP contribution < -0.4 is 0 Å². The predicted molar refractivity (Wildman–Crippen MR) is 41.0 cm³/mol. The fourth-order valence-electron chi connectivity index (χ4n) is 3.95. The van der Waals surface area contributed by atoms with Crippen LogP contribution >= 0.6 is 0 Å². The topological polar surface area (TPSA) is 3.01 Å². The fraction of sp³-hybridized carbons (Fsp3) is 0.800. The maximum atomic E-state index is 2.77. The van der Waals surface area contributed by atoms with E-state index in [-0.39, 0.29) is 0 Å². The summed E-state index contributed by atoms with van der Waals surface area (Å²) in [6.07, 6.45) is 5.61. The quantitative estimate of drug-likeness (QED) is 0.393. The van der Waals surface area contributed by atoms with Gasteiger partial charge in [-0.05, 0) is 30.3 Å². The molecule has 0 aromatic heterocycles. The molecule has 0 aromatic carbocycles. The molecule has 0 radical (unpaired) electrons. The van der Waals surface area contributed by atoms with Gasteiger partial charge in [-0.15, -0.1) is 0 Å². The van der Waals surface area contributed by atoms with Crippen LogP contribution in [-0.4, -0.2) is 23.0 Å². The standard InChI is InChI=1S/C10H11N/c1-2-4(1)7-8-5-3-6(5)11-9(7)10(8)11/h3-4,6-10H,1-2H2/t6-,7?,8?,9?,10?,11?/m0/s1. The van der Waals surface area contributed by atoms with E-state index in [4.69, 9.17) is 0 Å². The lowest BCUT2D eigenvalue weighted by Crippen LogP contribution is -2.39. The van der Waals surface area contributed by atoms with Gasteiger partial charge >= 0.3 is 0 Å². The Morgan fingerprint density at radius 1 is 1.27 bits per heavy atom.